The molecule has 0 spiro atoms. The van der Waals surface area contributed by atoms with Crippen molar-refractivity contribution in [3.05, 3.63) is 118 Å². The van der Waals surface area contributed by atoms with Crippen molar-refractivity contribution in [2.45, 2.75) is 0 Å². The summed E-state index contributed by atoms with van der Waals surface area (Å²) in [6, 6.07) is 30.9. The van der Waals surface area contributed by atoms with Gasteiger partial charge >= 0.3 is 0 Å². The predicted octanol–water partition coefficient (Wildman–Crippen LogP) is 7.93. The fraction of sp³-hybridized carbons (Fsp3) is 0. The topological polar surface area (TPSA) is 48.8 Å². The summed E-state index contributed by atoms with van der Waals surface area (Å²) in [6.07, 6.45) is 3.42. The van der Waals surface area contributed by atoms with Crippen LogP contribution in [-0.4, -0.2) is 12.4 Å². The van der Waals surface area contributed by atoms with Crippen molar-refractivity contribution < 1.29 is 0 Å². The molecule has 6 heteroatoms. The second kappa shape index (κ2) is 10.6. The molecule has 4 rings (SSSR count). The number of hydrogen-bond donors (Lipinski definition) is 2. The third-order valence-electron chi connectivity index (χ3n) is 4.67. The Bertz CT molecular complexity index is 1170. The standard InChI is InChI=1S/C26H20Cl2N4/c27-21-11-3-7-15-25(21)31-23-13-5-1-9-19(23)17-29-30-18-20-10-2-6-14-24(20)32-26-16-8-4-12-22(26)28/h1-18,31-32H. The summed E-state index contributed by atoms with van der Waals surface area (Å²) >= 11 is 12.5. The number of rotatable bonds is 7. The van der Waals surface area contributed by atoms with Crippen LogP contribution in [0.5, 0.6) is 0 Å². The number of anilines is 4. The van der Waals surface area contributed by atoms with Gasteiger partial charge in [-0.15, -0.1) is 0 Å². The van der Waals surface area contributed by atoms with E-state index in [1.165, 1.54) is 0 Å². The lowest BCUT2D eigenvalue weighted by atomic mass is 10.2. The molecule has 0 amide bonds. The number of nitrogens with zero attached hydrogens (tertiary/aromatic N) is 2. The zero-order valence-electron chi connectivity index (χ0n) is 17.0. The Morgan fingerprint density at radius 1 is 0.469 bits per heavy atom. The Balaban J connectivity index is 1.50. The summed E-state index contributed by atoms with van der Waals surface area (Å²) in [5, 5.41) is 16.5. The van der Waals surface area contributed by atoms with Gasteiger partial charge in [-0.3, -0.25) is 0 Å². The largest absolute Gasteiger partial charge is 0.354 e. The van der Waals surface area contributed by atoms with Gasteiger partial charge in [0.05, 0.1) is 33.8 Å². The molecule has 32 heavy (non-hydrogen) atoms. The first-order chi connectivity index (χ1) is 15.7. The maximum absolute atomic E-state index is 6.27. The number of hydrogen-bond acceptors (Lipinski definition) is 4. The Morgan fingerprint density at radius 3 is 1.22 bits per heavy atom. The van der Waals surface area contributed by atoms with Crippen molar-refractivity contribution in [2.75, 3.05) is 10.6 Å². The first kappa shape index (κ1) is 21.6. The summed E-state index contributed by atoms with van der Waals surface area (Å²) in [6.45, 7) is 0. The van der Waals surface area contributed by atoms with Crippen LogP contribution in [0.3, 0.4) is 0 Å². The number of para-hydroxylation sites is 4. The highest BCUT2D eigenvalue weighted by molar-refractivity contribution is 6.33. The van der Waals surface area contributed by atoms with Crippen LogP contribution in [0.25, 0.3) is 0 Å². The second-order valence-corrected chi connectivity index (χ2v) is 7.69. The molecule has 4 aromatic rings. The highest BCUT2D eigenvalue weighted by Gasteiger charge is 2.04. The molecule has 0 aliphatic carbocycles. The second-order valence-electron chi connectivity index (χ2n) is 6.87. The predicted molar refractivity (Wildman–Crippen MR) is 138 cm³/mol. The summed E-state index contributed by atoms with van der Waals surface area (Å²) in [4.78, 5) is 0. The first-order valence-corrected chi connectivity index (χ1v) is 10.7. The highest BCUT2D eigenvalue weighted by atomic mass is 35.5. The maximum atomic E-state index is 6.27. The third kappa shape index (κ3) is 5.55. The minimum Gasteiger partial charge on any atom is -0.354 e. The molecule has 0 atom stereocenters. The van der Waals surface area contributed by atoms with Crippen LogP contribution in [0, 0.1) is 0 Å². The molecule has 158 valence electrons. The average molecular weight is 459 g/mol. The van der Waals surface area contributed by atoms with Crippen molar-refractivity contribution in [1.82, 2.24) is 0 Å². The molecule has 0 unspecified atom stereocenters. The lowest BCUT2D eigenvalue weighted by Crippen LogP contribution is -1.96. The lowest BCUT2D eigenvalue weighted by Gasteiger charge is -2.10. The quantitative estimate of drug-likeness (QED) is 0.218. The van der Waals surface area contributed by atoms with Gasteiger partial charge in [0.25, 0.3) is 0 Å². The van der Waals surface area contributed by atoms with E-state index >= 15 is 0 Å². The van der Waals surface area contributed by atoms with Crippen LogP contribution < -0.4 is 10.6 Å². The summed E-state index contributed by atoms with van der Waals surface area (Å²) < 4.78 is 0. The third-order valence-corrected chi connectivity index (χ3v) is 5.33. The monoisotopic (exact) mass is 458 g/mol. The number of nitrogens with one attached hydrogen (secondary N) is 2. The molecule has 0 radical (unpaired) electrons. The van der Waals surface area contributed by atoms with Gasteiger partial charge < -0.3 is 10.6 Å². The van der Waals surface area contributed by atoms with Gasteiger partial charge in [0.2, 0.25) is 0 Å². The van der Waals surface area contributed by atoms with Crippen molar-refractivity contribution in [3.63, 3.8) is 0 Å². The highest BCUT2D eigenvalue weighted by Crippen LogP contribution is 2.27. The van der Waals surface area contributed by atoms with Gasteiger partial charge in [0, 0.05) is 22.5 Å². The fourth-order valence-electron chi connectivity index (χ4n) is 3.05. The van der Waals surface area contributed by atoms with Crippen molar-refractivity contribution in [3.8, 4) is 0 Å². The van der Waals surface area contributed by atoms with E-state index in [4.69, 9.17) is 23.2 Å². The molecule has 0 heterocycles. The zero-order chi connectivity index (χ0) is 22.2. The van der Waals surface area contributed by atoms with Gasteiger partial charge in [0.1, 0.15) is 0 Å². The van der Waals surface area contributed by atoms with Crippen LogP contribution >= 0.6 is 23.2 Å². The molecule has 4 aromatic carbocycles. The molecular weight excluding hydrogens is 439 g/mol. The molecular formula is C26H20Cl2N4. The number of halogens is 2. The Morgan fingerprint density at radius 2 is 0.812 bits per heavy atom. The molecule has 0 saturated heterocycles. The normalized spacial score (nSPS) is 11.2. The number of benzene rings is 4. The van der Waals surface area contributed by atoms with E-state index in [1.807, 2.05) is 97.1 Å². The summed E-state index contributed by atoms with van der Waals surface area (Å²) in [5.74, 6) is 0. The van der Waals surface area contributed by atoms with E-state index in [0.29, 0.717) is 10.0 Å². The van der Waals surface area contributed by atoms with Gasteiger partial charge in [-0.25, -0.2) is 0 Å². The van der Waals surface area contributed by atoms with Crippen LogP contribution in [0.2, 0.25) is 10.0 Å². The van der Waals surface area contributed by atoms with E-state index in [1.54, 1.807) is 12.4 Å². The minimum atomic E-state index is 0.653. The van der Waals surface area contributed by atoms with E-state index in [-0.39, 0.29) is 0 Å². The van der Waals surface area contributed by atoms with Crippen molar-refractivity contribution in [2.24, 2.45) is 10.2 Å². The van der Waals surface area contributed by atoms with Crippen LogP contribution in [0.4, 0.5) is 22.7 Å². The Hall–Kier alpha value is -3.60. The molecule has 0 bridgehead atoms. The first-order valence-electron chi connectivity index (χ1n) is 9.98. The SMILES string of the molecule is Clc1ccccc1Nc1ccccc1C=NN=Cc1ccccc1Nc1ccccc1Cl. The maximum Gasteiger partial charge on any atom is 0.0640 e. The fourth-order valence-corrected chi connectivity index (χ4v) is 3.42. The van der Waals surface area contributed by atoms with E-state index in [0.717, 1.165) is 33.9 Å². The molecule has 0 fully saturated rings. The van der Waals surface area contributed by atoms with Crippen LogP contribution in [0.15, 0.2) is 107 Å². The van der Waals surface area contributed by atoms with Crippen molar-refractivity contribution >= 4 is 58.4 Å². The van der Waals surface area contributed by atoms with Crippen LogP contribution in [0.1, 0.15) is 11.1 Å². The van der Waals surface area contributed by atoms with Gasteiger partial charge in [-0.05, 0) is 36.4 Å². The van der Waals surface area contributed by atoms with E-state index in [2.05, 4.69) is 20.8 Å². The lowest BCUT2D eigenvalue weighted by molar-refractivity contribution is 1.26. The molecule has 2 N–H and O–H groups in total. The molecule has 0 aliphatic heterocycles. The zero-order valence-corrected chi connectivity index (χ0v) is 18.6. The Kier molecular flexibility index (Phi) is 7.18. The van der Waals surface area contributed by atoms with Crippen molar-refractivity contribution in [1.29, 1.82) is 0 Å². The Labute approximate surface area is 197 Å². The van der Waals surface area contributed by atoms with E-state index in [9.17, 15) is 0 Å². The van der Waals surface area contributed by atoms with Crippen LogP contribution in [-0.2, 0) is 0 Å². The minimum absolute atomic E-state index is 0.653. The average Bonchev–Trinajstić information content (AvgIpc) is 2.81. The molecule has 0 saturated carbocycles. The van der Waals surface area contributed by atoms with E-state index < -0.39 is 0 Å². The summed E-state index contributed by atoms with van der Waals surface area (Å²) in [7, 11) is 0. The molecule has 0 aromatic heterocycles. The summed E-state index contributed by atoms with van der Waals surface area (Å²) in [5.41, 5.74) is 5.23. The van der Waals surface area contributed by atoms with Gasteiger partial charge in [-0.1, -0.05) is 83.9 Å². The molecule has 0 aliphatic rings. The van der Waals surface area contributed by atoms with Gasteiger partial charge in [0.15, 0.2) is 0 Å². The smallest absolute Gasteiger partial charge is 0.0640 e. The van der Waals surface area contributed by atoms with Gasteiger partial charge in [-0.2, -0.15) is 10.2 Å². The molecule has 4 nitrogen and oxygen atoms in total.